The highest BCUT2D eigenvalue weighted by Crippen LogP contribution is 2.26. The standard InChI is InChI=1S/C26H25ClN4O4S/c1-17-8-9-18(2)23(14-17)31(36(3,33)34)16-19-10-12-20(13-11-19)26(32)28-15-24-29-25(30-35-24)21-6-4-5-7-22(21)27/h4-14H,15-16H2,1-3H3,(H,28,32). The van der Waals surface area contributed by atoms with Crippen LogP contribution in [0.4, 0.5) is 5.69 Å². The molecule has 10 heteroatoms. The topological polar surface area (TPSA) is 105 Å². The van der Waals surface area contributed by atoms with Gasteiger partial charge in [0.1, 0.15) is 0 Å². The van der Waals surface area contributed by atoms with Crippen LogP contribution in [-0.2, 0) is 23.1 Å². The first kappa shape index (κ1) is 25.4. The molecule has 1 amide bonds. The number of anilines is 1. The quantitative estimate of drug-likeness (QED) is 0.351. The highest BCUT2D eigenvalue weighted by molar-refractivity contribution is 7.92. The lowest BCUT2D eigenvalue weighted by molar-refractivity contribution is 0.0946. The van der Waals surface area contributed by atoms with Gasteiger partial charge in [-0.25, -0.2) is 8.42 Å². The minimum atomic E-state index is -3.52. The Morgan fingerprint density at radius 3 is 2.47 bits per heavy atom. The molecule has 3 aromatic carbocycles. The van der Waals surface area contributed by atoms with E-state index in [0.717, 1.165) is 16.7 Å². The molecule has 0 aliphatic rings. The number of aryl methyl sites for hydroxylation is 2. The Hall–Kier alpha value is -3.69. The summed E-state index contributed by atoms with van der Waals surface area (Å²) in [5.41, 5.74) is 4.27. The second kappa shape index (κ2) is 10.5. The summed E-state index contributed by atoms with van der Waals surface area (Å²) in [7, 11) is -3.52. The van der Waals surface area contributed by atoms with Gasteiger partial charge < -0.3 is 9.84 Å². The Balaban J connectivity index is 1.42. The summed E-state index contributed by atoms with van der Waals surface area (Å²) in [6.07, 6.45) is 1.19. The van der Waals surface area contributed by atoms with E-state index in [0.29, 0.717) is 27.7 Å². The van der Waals surface area contributed by atoms with E-state index in [-0.39, 0.29) is 24.9 Å². The van der Waals surface area contributed by atoms with Crippen LogP contribution in [0, 0.1) is 13.8 Å². The van der Waals surface area contributed by atoms with Gasteiger partial charge >= 0.3 is 0 Å². The fourth-order valence-electron chi connectivity index (χ4n) is 3.63. The van der Waals surface area contributed by atoms with Gasteiger partial charge in [-0.15, -0.1) is 0 Å². The van der Waals surface area contributed by atoms with Crippen molar-refractivity contribution < 1.29 is 17.7 Å². The molecule has 0 aliphatic carbocycles. The second-order valence-electron chi connectivity index (χ2n) is 8.43. The number of carbonyl (C=O) groups is 1. The summed E-state index contributed by atoms with van der Waals surface area (Å²) in [6.45, 7) is 3.99. The molecule has 186 valence electrons. The molecule has 0 unspecified atom stereocenters. The predicted octanol–water partition coefficient (Wildman–Crippen LogP) is 4.90. The number of halogens is 1. The van der Waals surface area contributed by atoms with E-state index in [4.69, 9.17) is 16.1 Å². The number of amides is 1. The number of aromatic nitrogens is 2. The molecule has 36 heavy (non-hydrogen) atoms. The summed E-state index contributed by atoms with van der Waals surface area (Å²) in [4.78, 5) is 16.9. The van der Waals surface area contributed by atoms with E-state index in [1.807, 2.05) is 38.1 Å². The summed E-state index contributed by atoms with van der Waals surface area (Å²) in [6, 6.07) is 19.6. The number of rotatable bonds is 8. The van der Waals surface area contributed by atoms with E-state index in [1.165, 1.54) is 10.6 Å². The van der Waals surface area contributed by atoms with Crippen molar-refractivity contribution in [2.45, 2.75) is 26.9 Å². The maximum absolute atomic E-state index is 12.6. The first-order chi connectivity index (χ1) is 17.1. The SMILES string of the molecule is Cc1ccc(C)c(N(Cc2ccc(C(=O)NCc3nc(-c4ccccc4Cl)no3)cc2)S(C)(=O)=O)c1. The normalized spacial score (nSPS) is 11.3. The summed E-state index contributed by atoms with van der Waals surface area (Å²) >= 11 is 6.17. The van der Waals surface area contributed by atoms with Crippen molar-refractivity contribution in [3.05, 3.63) is 99.9 Å². The number of nitrogens with zero attached hydrogens (tertiary/aromatic N) is 3. The maximum Gasteiger partial charge on any atom is 0.251 e. The number of benzene rings is 3. The van der Waals surface area contributed by atoms with Crippen molar-refractivity contribution in [1.29, 1.82) is 0 Å². The predicted molar refractivity (Wildman–Crippen MR) is 139 cm³/mol. The van der Waals surface area contributed by atoms with Crippen molar-refractivity contribution in [1.82, 2.24) is 15.5 Å². The van der Waals surface area contributed by atoms with Crippen molar-refractivity contribution in [3.63, 3.8) is 0 Å². The fraction of sp³-hybridized carbons (Fsp3) is 0.192. The summed E-state index contributed by atoms with van der Waals surface area (Å²) in [5.74, 6) is 0.259. The summed E-state index contributed by atoms with van der Waals surface area (Å²) < 4.78 is 31.7. The molecule has 1 heterocycles. The third-order valence-corrected chi connectivity index (χ3v) is 7.02. The van der Waals surface area contributed by atoms with E-state index < -0.39 is 10.0 Å². The third-order valence-electron chi connectivity index (χ3n) is 5.56. The molecule has 8 nitrogen and oxygen atoms in total. The minimum absolute atomic E-state index is 0.0481. The lowest BCUT2D eigenvalue weighted by Crippen LogP contribution is -2.30. The van der Waals surface area contributed by atoms with Gasteiger partial charge in [0.05, 0.1) is 30.1 Å². The van der Waals surface area contributed by atoms with Crippen molar-refractivity contribution in [2.75, 3.05) is 10.6 Å². The lowest BCUT2D eigenvalue weighted by Gasteiger charge is -2.25. The van der Waals surface area contributed by atoms with Crippen LogP contribution in [0.5, 0.6) is 0 Å². The van der Waals surface area contributed by atoms with E-state index in [1.54, 1.807) is 42.5 Å². The van der Waals surface area contributed by atoms with Gasteiger partial charge in [-0.3, -0.25) is 9.10 Å². The zero-order valence-corrected chi connectivity index (χ0v) is 21.6. The molecule has 0 fully saturated rings. The van der Waals surface area contributed by atoms with Crippen LogP contribution in [0.1, 0.15) is 32.9 Å². The van der Waals surface area contributed by atoms with Gasteiger partial charge in [0.25, 0.3) is 5.91 Å². The Kier molecular flexibility index (Phi) is 7.42. The Labute approximate surface area is 215 Å². The highest BCUT2D eigenvalue weighted by Gasteiger charge is 2.20. The zero-order chi connectivity index (χ0) is 25.9. The molecule has 0 saturated heterocycles. The molecule has 0 saturated carbocycles. The minimum Gasteiger partial charge on any atom is -0.343 e. The van der Waals surface area contributed by atoms with Crippen molar-refractivity contribution in [3.8, 4) is 11.4 Å². The molecule has 1 N–H and O–H groups in total. The number of carbonyl (C=O) groups excluding carboxylic acids is 1. The largest absolute Gasteiger partial charge is 0.343 e. The lowest BCUT2D eigenvalue weighted by atomic mass is 10.1. The molecule has 0 radical (unpaired) electrons. The number of hydrogen-bond acceptors (Lipinski definition) is 6. The molecule has 4 rings (SSSR count). The average molecular weight is 525 g/mol. The molecule has 0 aliphatic heterocycles. The monoisotopic (exact) mass is 524 g/mol. The van der Waals surface area contributed by atoms with Crippen LogP contribution in [0.25, 0.3) is 11.4 Å². The molecular formula is C26H25ClN4O4S. The number of nitrogens with one attached hydrogen (secondary N) is 1. The first-order valence-corrected chi connectivity index (χ1v) is 13.3. The van der Waals surface area contributed by atoms with E-state index in [2.05, 4.69) is 15.5 Å². The van der Waals surface area contributed by atoms with Crippen LogP contribution < -0.4 is 9.62 Å². The van der Waals surface area contributed by atoms with E-state index >= 15 is 0 Å². The highest BCUT2D eigenvalue weighted by atomic mass is 35.5. The van der Waals surface area contributed by atoms with Gasteiger partial charge in [0.2, 0.25) is 21.7 Å². The molecule has 0 spiro atoms. The Bertz CT molecular complexity index is 1500. The molecule has 0 bridgehead atoms. The molecule has 1 aromatic heterocycles. The molecule has 0 atom stereocenters. The summed E-state index contributed by atoms with van der Waals surface area (Å²) in [5, 5.41) is 7.16. The smallest absolute Gasteiger partial charge is 0.251 e. The van der Waals surface area contributed by atoms with Gasteiger partial charge in [-0.2, -0.15) is 4.98 Å². The third kappa shape index (κ3) is 5.92. The van der Waals surface area contributed by atoms with Crippen LogP contribution >= 0.6 is 11.6 Å². The van der Waals surface area contributed by atoms with Gasteiger partial charge in [-0.1, -0.05) is 53.2 Å². The van der Waals surface area contributed by atoms with Gasteiger partial charge in [0.15, 0.2) is 0 Å². The van der Waals surface area contributed by atoms with Crippen LogP contribution in [0.15, 0.2) is 71.3 Å². The van der Waals surface area contributed by atoms with Gasteiger partial charge in [-0.05, 0) is 60.9 Å². The first-order valence-electron chi connectivity index (χ1n) is 11.1. The van der Waals surface area contributed by atoms with Crippen LogP contribution in [0.3, 0.4) is 0 Å². The Morgan fingerprint density at radius 2 is 1.78 bits per heavy atom. The average Bonchev–Trinajstić information content (AvgIpc) is 3.31. The number of sulfonamides is 1. The second-order valence-corrected chi connectivity index (χ2v) is 10.7. The molecular weight excluding hydrogens is 500 g/mol. The van der Waals surface area contributed by atoms with E-state index in [9.17, 15) is 13.2 Å². The van der Waals surface area contributed by atoms with Crippen molar-refractivity contribution >= 4 is 33.2 Å². The van der Waals surface area contributed by atoms with Crippen LogP contribution in [-0.4, -0.2) is 30.7 Å². The number of hydrogen-bond donors (Lipinski definition) is 1. The van der Waals surface area contributed by atoms with Gasteiger partial charge in [0, 0.05) is 11.1 Å². The zero-order valence-electron chi connectivity index (χ0n) is 20.0. The molecule has 4 aromatic rings. The Morgan fingerprint density at radius 1 is 1.06 bits per heavy atom. The van der Waals surface area contributed by atoms with Crippen LogP contribution in [0.2, 0.25) is 5.02 Å². The fourth-order valence-corrected chi connectivity index (χ4v) is 4.79. The maximum atomic E-state index is 12.6. The van der Waals surface area contributed by atoms with Crippen molar-refractivity contribution in [2.24, 2.45) is 0 Å².